The van der Waals surface area contributed by atoms with Gasteiger partial charge in [-0.25, -0.2) is 9.78 Å². The number of nitrogens with one attached hydrogen (secondary N) is 3. The number of amides is 3. The van der Waals surface area contributed by atoms with Crippen molar-refractivity contribution in [2.75, 3.05) is 10.6 Å². The van der Waals surface area contributed by atoms with Crippen LogP contribution in [0.15, 0.2) is 48.5 Å². The lowest BCUT2D eigenvalue weighted by atomic mass is 10.2. The molecule has 126 valence electrons. The van der Waals surface area contributed by atoms with Gasteiger partial charge < -0.3 is 10.6 Å². The first-order chi connectivity index (χ1) is 12.2. The monoisotopic (exact) mass is 352 g/mol. The molecule has 0 atom stereocenters. The molecule has 4 rings (SSSR count). The molecule has 1 fully saturated rings. The van der Waals surface area contributed by atoms with Crippen LogP contribution in [-0.4, -0.2) is 23.0 Å². The molecular formula is C18H16N4O2S. The van der Waals surface area contributed by atoms with E-state index in [0.29, 0.717) is 16.4 Å². The molecule has 0 radical (unpaired) electrons. The van der Waals surface area contributed by atoms with Crippen molar-refractivity contribution in [1.82, 2.24) is 10.3 Å². The summed E-state index contributed by atoms with van der Waals surface area (Å²) in [7, 11) is 0. The zero-order valence-corrected chi connectivity index (χ0v) is 14.1. The van der Waals surface area contributed by atoms with Crippen LogP contribution < -0.4 is 16.0 Å². The number of anilines is 2. The van der Waals surface area contributed by atoms with E-state index in [1.165, 1.54) is 11.3 Å². The van der Waals surface area contributed by atoms with Crippen LogP contribution in [0.5, 0.6) is 0 Å². The molecule has 0 aliphatic heterocycles. The van der Waals surface area contributed by atoms with Crippen LogP contribution in [-0.2, 0) is 0 Å². The Labute approximate surface area is 148 Å². The summed E-state index contributed by atoms with van der Waals surface area (Å²) >= 11 is 1.43. The van der Waals surface area contributed by atoms with Crippen LogP contribution in [0.3, 0.4) is 0 Å². The number of benzene rings is 2. The summed E-state index contributed by atoms with van der Waals surface area (Å²) in [6, 6.07) is 14.6. The number of fused-ring (bicyclic) bond motifs is 1. The van der Waals surface area contributed by atoms with Crippen molar-refractivity contribution in [2.45, 2.75) is 18.9 Å². The number of hydrogen-bond donors (Lipinski definition) is 3. The van der Waals surface area contributed by atoms with Gasteiger partial charge in [-0.15, -0.1) is 0 Å². The molecule has 0 saturated heterocycles. The fraction of sp³-hybridized carbons (Fsp3) is 0.167. The molecule has 0 bridgehead atoms. The molecule has 1 aliphatic rings. The summed E-state index contributed by atoms with van der Waals surface area (Å²) < 4.78 is 1.02. The van der Waals surface area contributed by atoms with E-state index in [9.17, 15) is 9.59 Å². The normalized spacial score (nSPS) is 13.4. The predicted octanol–water partition coefficient (Wildman–Crippen LogP) is 3.83. The van der Waals surface area contributed by atoms with Gasteiger partial charge in [0.25, 0.3) is 5.91 Å². The number of para-hydroxylation sites is 1. The third-order valence-corrected chi connectivity index (χ3v) is 4.76. The van der Waals surface area contributed by atoms with Crippen LogP contribution >= 0.6 is 11.3 Å². The van der Waals surface area contributed by atoms with Gasteiger partial charge in [0.2, 0.25) is 0 Å². The standard InChI is InChI=1S/C18H16N4O2S/c23-16(22-18-21-14-6-1-2-7-15(14)25-18)11-4-3-5-13(10-11)20-17(24)19-12-8-9-12/h1-7,10,12H,8-9H2,(H2,19,20,24)(H,21,22,23). The van der Waals surface area contributed by atoms with E-state index in [4.69, 9.17) is 0 Å². The van der Waals surface area contributed by atoms with Gasteiger partial charge >= 0.3 is 6.03 Å². The fourth-order valence-electron chi connectivity index (χ4n) is 2.41. The maximum atomic E-state index is 12.4. The Morgan fingerprint density at radius 2 is 1.88 bits per heavy atom. The molecule has 25 heavy (non-hydrogen) atoms. The first-order valence-corrected chi connectivity index (χ1v) is 8.83. The van der Waals surface area contributed by atoms with E-state index >= 15 is 0 Å². The highest BCUT2D eigenvalue weighted by molar-refractivity contribution is 7.22. The minimum Gasteiger partial charge on any atom is -0.335 e. The van der Waals surface area contributed by atoms with Gasteiger partial charge in [0.15, 0.2) is 5.13 Å². The van der Waals surface area contributed by atoms with Crippen LogP contribution in [0.1, 0.15) is 23.2 Å². The summed E-state index contributed by atoms with van der Waals surface area (Å²) in [5.41, 5.74) is 1.90. The molecule has 3 amide bonds. The van der Waals surface area contributed by atoms with E-state index in [0.717, 1.165) is 23.1 Å². The van der Waals surface area contributed by atoms with Gasteiger partial charge in [-0.05, 0) is 43.2 Å². The third-order valence-electron chi connectivity index (χ3n) is 3.81. The summed E-state index contributed by atoms with van der Waals surface area (Å²) in [6.45, 7) is 0. The lowest BCUT2D eigenvalue weighted by Gasteiger charge is -2.08. The van der Waals surface area contributed by atoms with Gasteiger partial charge in [0.05, 0.1) is 10.2 Å². The summed E-state index contributed by atoms with van der Waals surface area (Å²) in [5.74, 6) is -0.259. The number of nitrogens with zero attached hydrogens (tertiary/aromatic N) is 1. The van der Waals surface area contributed by atoms with E-state index in [1.807, 2.05) is 24.3 Å². The van der Waals surface area contributed by atoms with Crippen LogP contribution in [0.2, 0.25) is 0 Å². The fourth-order valence-corrected chi connectivity index (χ4v) is 3.27. The summed E-state index contributed by atoms with van der Waals surface area (Å²) in [6.07, 6.45) is 2.05. The molecule has 6 nitrogen and oxygen atoms in total. The Balaban J connectivity index is 1.45. The predicted molar refractivity (Wildman–Crippen MR) is 99.2 cm³/mol. The van der Waals surface area contributed by atoms with E-state index in [-0.39, 0.29) is 18.0 Å². The molecule has 2 aromatic carbocycles. The molecule has 0 spiro atoms. The van der Waals surface area contributed by atoms with E-state index in [1.54, 1.807) is 24.3 Å². The highest BCUT2D eigenvalue weighted by Crippen LogP contribution is 2.26. The Kier molecular flexibility index (Phi) is 4.07. The van der Waals surface area contributed by atoms with Gasteiger partial charge in [-0.3, -0.25) is 10.1 Å². The number of urea groups is 1. The van der Waals surface area contributed by atoms with Crippen molar-refractivity contribution in [1.29, 1.82) is 0 Å². The second-order valence-corrected chi connectivity index (χ2v) is 6.93. The highest BCUT2D eigenvalue weighted by atomic mass is 32.1. The molecule has 3 aromatic rings. The molecule has 1 heterocycles. The van der Waals surface area contributed by atoms with E-state index < -0.39 is 0 Å². The smallest absolute Gasteiger partial charge is 0.319 e. The van der Waals surface area contributed by atoms with Crippen molar-refractivity contribution in [3.63, 3.8) is 0 Å². The summed E-state index contributed by atoms with van der Waals surface area (Å²) in [4.78, 5) is 28.6. The molecule has 1 aromatic heterocycles. The van der Waals surface area contributed by atoms with Crippen LogP contribution in [0.25, 0.3) is 10.2 Å². The Morgan fingerprint density at radius 1 is 1.04 bits per heavy atom. The van der Waals surface area contributed by atoms with Crippen LogP contribution in [0.4, 0.5) is 15.6 Å². The Hall–Kier alpha value is -2.93. The van der Waals surface area contributed by atoms with Crippen molar-refractivity contribution in [3.8, 4) is 0 Å². The molecule has 0 unspecified atom stereocenters. The van der Waals surface area contributed by atoms with Gasteiger partial charge in [-0.2, -0.15) is 0 Å². The van der Waals surface area contributed by atoms with Crippen molar-refractivity contribution in [2.24, 2.45) is 0 Å². The number of aromatic nitrogens is 1. The second kappa shape index (κ2) is 6.52. The first kappa shape index (κ1) is 15.6. The Morgan fingerprint density at radius 3 is 2.68 bits per heavy atom. The minimum absolute atomic E-state index is 0.244. The van der Waals surface area contributed by atoms with Crippen molar-refractivity contribution >= 4 is 44.3 Å². The number of carbonyl (C=O) groups is 2. The molecule has 1 saturated carbocycles. The number of rotatable bonds is 4. The zero-order chi connectivity index (χ0) is 17.2. The Bertz CT molecular complexity index is 916. The topological polar surface area (TPSA) is 83.1 Å². The van der Waals surface area contributed by atoms with Gasteiger partial charge in [0.1, 0.15) is 0 Å². The number of thiazole rings is 1. The number of hydrogen-bond acceptors (Lipinski definition) is 4. The maximum absolute atomic E-state index is 12.4. The number of carbonyl (C=O) groups excluding carboxylic acids is 2. The molecule has 3 N–H and O–H groups in total. The zero-order valence-electron chi connectivity index (χ0n) is 13.3. The average Bonchev–Trinajstić information content (AvgIpc) is 3.31. The third kappa shape index (κ3) is 3.77. The highest BCUT2D eigenvalue weighted by Gasteiger charge is 2.23. The lowest BCUT2D eigenvalue weighted by Crippen LogP contribution is -2.30. The maximum Gasteiger partial charge on any atom is 0.319 e. The SMILES string of the molecule is O=C(Nc1cccc(C(=O)Nc2nc3ccccc3s2)c1)NC1CC1. The minimum atomic E-state index is -0.259. The van der Waals surface area contributed by atoms with Crippen molar-refractivity contribution < 1.29 is 9.59 Å². The van der Waals surface area contributed by atoms with Gasteiger partial charge in [-0.1, -0.05) is 29.5 Å². The molecule has 7 heteroatoms. The largest absolute Gasteiger partial charge is 0.335 e. The summed E-state index contributed by atoms with van der Waals surface area (Å²) in [5, 5.41) is 8.96. The van der Waals surface area contributed by atoms with Crippen LogP contribution in [0, 0.1) is 0 Å². The molecule has 1 aliphatic carbocycles. The quantitative estimate of drug-likeness (QED) is 0.667. The molecular weight excluding hydrogens is 336 g/mol. The van der Waals surface area contributed by atoms with Crippen molar-refractivity contribution in [3.05, 3.63) is 54.1 Å². The second-order valence-electron chi connectivity index (χ2n) is 5.89. The van der Waals surface area contributed by atoms with E-state index in [2.05, 4.69) is 20.9 Å². The van der Waals surface area contributed by atoms with Gasteiger partial charge in [0, 0.05) is 17.3 Å². The first-order valence-electron chi connectivity index (χ1n) is 8.02. The lowest BCUT2D eigenvalue weighted by molar-refractivity contribution is 0.102. The average molecular weight is 352 g/mol.